The van der Waals surface area contributed by atoms with Gasteiger partial charge in [0.1, 0.15) is 0 Å². The van der Waals surface area contributed by atoms with Crippen LogP contribution in [0.25, 0.3) is 0 Å². The van der Waals surface area contributed by atoms with Crippen molar-refractivity contribution in [3.05, 3.63) is 0 Å². The Bertz CT molecular complexity index is 327. The predicted octanol–water partition coefficient (Wildman–Crippen LogP) is 3.29. The zero-order valence-corrected chi connectivity index (χ0v) is 14.9. The Morgan fingerprint density at radius 2 is 2.00 bits per heavy atom. The average Bonchev–Trinajstić information content (AvgIpc) is 2.39. The first-order valence-electron chi connectivity index (χ1n) is 8.90. The van der Waals surface area contributed by atoms with Crippen molar-refractivity contribution in [3.8, 4) is 0 Å². The number of nitrogens with zero attached hydrogens (tertiary/aromatic N) is 1. The van der Waals surface area contributed by atoms with Crippen LogP contribution in [0.15, 0.2) is 0 Å². The van der Waals surface area contributed by atoms with Gasteiger partial charge in [-0.15, -0.1) is 0 Å². The second kappa shape index (κ2) is 6.97. The molecular weight excluding hydrogens is 260 g/mol. The van der Waals surface area contributed by atoms with Gasteiger partial charge in [-0.1, -0.05) is 20.8 Å². The van der Waals surface area contributed by atoms with Gasteiger partial charge in [0, 0.05) is 24.7 Å². The van der Waals surface area contributed by atoms with Crippen LogP contribution in [0, 0.1) is 11.3 Å². The number of morpholine rings is 1. The van der Waals surface area contributed by atoms with Crippen molar-refractivity contribution in [2.75, 3.05) is 32.8 Å². The summed E-state index contributed by atoms with van der Waals surface area (Å²) in [6.07, 6.45) is 5.28. The number of rotatable bonds is 5. The van der Waals surface area contributed by atoms with Gasteiger partial charge in [-0.05, 0) is 57.4 Å². The zero-order chi connectivity index (χ0) is 15.5. The largest absolute Gasteiger partial charge is 0.378 e. The molecule has 1 saturated heterocycles. The Morgan fingerprint density at radius 3 is 2.67 bits per heavy atom. The Labute approximate surface area is 131 Å². The summed E-state index contributed by atoms with van der Waals surface area (Å²) in [4.78, 5) is 2.67. The van der Waals surface area contributed by atoms with Crippen molar-refractivity contribution < 1.29 is 4.74 Å². The first-order chi connectivity index (χ1) is 9.84. The molecule has 3 heteroatoms. The Morgan fingerprint density at radius 1 is 1.24 bits per heavy atom. The number of hydrogen-bond donors (Lipinski definition) is 1. The van der Waals surface area contributed by atoms with Crippen LogP contribution in [0.2, 0.25) is 0 Å². The molecule has 21 heavy (non-hydrogen) atoms. The van der Waals surface area contributed by atoms with Crippen LogP contribution in [0.5, 0.6) is 0 Å². The smallest absolute Gasteiger partial charge is 0.0645 e. The van der Waals surface area contributed by atoms with E-state index in [0.717, 1.165) is 32.2 Å². The van der Waals surface area contributed by atoms with E-state index in [1.807, 2.05) is 0 Å². The standard InChI is InChI=1S/C18H36N2O/c1-6-9-19-16-7-8-17(2,3)12-15(16)13-20-10-11-21-14-18(20,4)5/h15-16,19H,6-14H2,1-5H3. The molecule has 0 aromatic carbocycles. The van der Waals surface area contributed by atoms with Gasteiger partial charge in [-0.2, -0.15) is 0 Å². The molecule has 0 radical (unpaired) electrons. The van der Waals surface area contributed by atoms with Crippen molar-refractivity contribution in [2.45, 2.75) is 71.9 Å². The third kappa shape index (κ3) is 4.67. The summed E-state index contributed by atoms with van der Waals surface area (Å²) in [6.45, 7) is 17.0. The fourth-order valence-corrected chi connectivity index (χ4v) is 4.04. The molecule has 3 nitrogen and oxygen atoms in total. The molecule has 2 atom stereocenters. The summed E-state index contributed by atoms with van der Waals surface area (Å²) in [5.74, 6) is 0.776. The zero-order valence-electron chi connectivity index (χ0n) is 14.9. The molecule has 1 aliphatic heterocycles. The molecule has 1 heterocycles. The maximum atomic E-state index is 5.68. The van der Waals surface area contributed by atoms with E-state index < -0.39 is 0 Å². The van der Waals surface area contributed by atoms with Crippen molar-refractivity contribution in [1.82, 2.24) is 10.2 Å². The van der Waals surface area contributed by atoms with Crippen LogP contribution in [-0.4, -0.2) is 49.3 Å². The molecule has 2 aliphatic rings. The highest BCUT2D eigenvalue weighted by Gasteiger charge is 2.38. The number of nitrogens with one attached hydrogen (secondary N) is 1. The van der Waals surface area contributed by atoms with E-state index in [1.54, 1.807) is 0 Å². The Kier molecular flexibility index (Phi) is 5.72. The summed E-state index contributed by atoms with van der Waals surface area (Å²) >= 11 is 0. The quantitative estimate of drug-likeness (QED) is 0.842. The molecule has 2 fully saturated rings. The van der Waals surface area contributed by atoms with Crippen LogP contribution in [0.4, 0.5) is 0 Å². The SMILES string of the molecule is CCCNC1CCC(C)(C)CC1CN1CCOCC1(C)C. The second-order valence-corrected chi connectivity index (χ2v) is 8.54. The van der Waals surface area contributed by atoms with E-state index in [2.05, 4.69) is 44.8 Å². The lowest BCUT2D eigenvalue weighted by Gasteiger charge is -2.48. The van der Waals surface area contributed by atoms with E-state index in [9.17, 15) is 0 Å². The van der Waals surface area contributed by atoms with Crippen LogP contribution in [-0.2, 0) is 4.74 Å². The Balaban J connectivity index is 2.01. The number of ether oxygens (including phenoxy) is 1. The molecule has 0 aromatic heterocycles. The van der Waals surface area contributed by atoms with E-state index in [-0.39, 0.29) is 5.54 Å². The second-order valence-electron chi connectivity index (χ2n) is 8.54. The molecule has 1 saturated carbocycles. The van der Waals surface area contributed by atoms with Crippen molar-refractivity contribution in [3.63, 3.8) is 0 Å². The van der Waals surface area contributed by atoms with E-state index in [0.29, 0.717) is 11.5 Å². The monoisotopic (exact) mass is 296 g/mol. The molecule has 0 aromatic rings. The van der Waals surface area contributed by atoms with Gasteiger partial charge in [0.2, 0.25) is 0 Å². The molecule has 1 N–H and O–H groups in total. The van der Waals surface area contributed by atoms with Crippen molar-refractivity contribution in [1.29, 1.82) is 0 Å². The van der Waals surface area contributed by atoms with Crippen molar-refractivity contribution in [2.24, 2.45) is 11.3 Å². The van der Waals surface area contributed by atoms with E-state index >= 15 is 0 Å². The lowest BCUT2D eigenvalue weighted by molar-refractivity contribution is -0.0647. The van der Waals surface area contributed by atoms with E-state index in [4.69, 9.17) is 4.74 Å². The topological polar surface area (TPSA) is 24.5 Å². The van der Waals surface area contributed by atoms with Gasteiger partial charge in [0.05, 0.1) is 13.2 Å². The van der Waals surface area contributed by atoms with Gasteiger partial charge in [0.15, 0.2) is 0 Å². The summed E-state index contributed by atoms with van der Waals surface area (Å²) in [5.41, 5.74) is 0.695. The van der Waals surface area contributed by atoms with Gasteiger partial charge < -0.3 is 10.1 Å². The van der Waals surface area contributed by atoms with Crippen LogP contribution < -0.4 is 5.32 Å². The summed E-state index contributed by atoms with van der Waals surface area (Å²) in [5, 5.41) is 3.82. The minimum atomic E-state index is 0.190. The molecular formula is C18H36N2O. The van der Waals surface area contributed by atoms with Gasteiger partial charge in [-0.3, -0.25) is 4.90 Å². The third-order valence-electron chi connectivity index (χ3n) is 5.44. The van der Waals surface area contributed by atoms with Crippen LogP contribution in [0.1, 0.15) is 60.3 Å². The summed E-state index contributed by atoms with van der Waals surface area (Å²) in [7, 11) is 0. The minimum absolute atomic E-state index is 0.190. The Hall–Kier alpha value is -0.120. The first-order valence-corrected chi connectivity index (χ1v) is 8.90. The minimum Gasteiger partial charge on any atom is -0.378 e. The highest BCUT2D eigenvalue weighted by molar-refractivity contribution is 4.93. The molecule has 0 bridgehead atoms. The van der Waals surface area contributed by atoms with Crippen LogP contribution in [0.3, 0.4) is 0 Å². The summed E-state index contributed by atoms with van der Waals surface area (Å²) < 4.78 is 5.68. The molecule has 2 unspecified atom stereocenters. The average molecular weight is 296 g/mol. The summed E-state index contributed by atoms with van der Waals surface area (Å²) in [6, 6.07) is 0.705. The highest BCUT2D eigenvalue weighted by atomic mass is 16.5. The fourth-order valence-electron chi connectivity index (χ4n) is 4.04. The van der Waals surface area contributed by atoms with Gasteiger partial charge in [-0.25, -0.2) is 0 Å². The predicted molar refractivity (Wildman–Crippen MR) is 89.7 cm³/mol. The number of hydrogen-bond acceptors (Lipinski definition) is 3. The van der Waals surface area contributed by atoms with Gasteiger partial charge in [0.25, 0.3) is 0 Å². The molecule has 124 valence electrons. The molecule has 1 aliphatic carbocycles. The molecule has 0 amide bonds. The fraction of sp³-hybridized carbons (Fsp3) is 1.00. The maximum absolute atomic E-state index is 5.68. The first kappa shape index (κ1) is 17.2. The maximum Gasteiger partial charge on any atom is 0.0645 e. The third-order valence-corrected chi connectivity index (χ3v) is 5.44. The lowest BCUT2D eigenvalue weighted by Crippen LogP contribution is -2.57. The normalized spacial score (nSPS) is 33.0. The van der Waals surface area contributed by atoms with Crippen molar-refractivity contribution >= 4 is 0 Å². The van der Waals surface area contributed by atoms with E-state index in [1.165, 1.54) is 32.2 Å². The molecule has 0 spiro atoms. The van der Waals surface area contributed by atoms with Crippen LogP contribution >= 0.6 is 0 Å². The lowest BCUT2D eigenvalue weighted by atomic mass is 9.69. The van der Waals surface area contributed by atoms with Gasteiger partial charge >= 0.3 is 0 Å². The molecule has 2 rings (SSSR count). The highest BCUT2D eigenvalue weighted by Crippen LogP contribution is 2.39.